The highest BCUT2D eigenvalue weighted by molar-refractivity contribution is 6.30. The Kier molecular flexibility index (Phi) is 9.91. The molecular weight excluding hydrogens is 496 g/mol. The molecule has 1 fully saturated rings. The van der Waals surface area contributed by atoms with Gasteiger partial charge in [0.25, 0.3) is 5.91 Å². The second kappa shape index (κ2) is 13.5. The molecule has 0 aliphatic carbocycles. The Hall–Kier alpha value is -3.22. The maximum atomic E-state index is 13.4. The van der Waals surface area contributed by atoms with Gasteiger partial charge in [0.05, 0.1) is 11.9 Å². The van der Waals surface area contributed by atoms with Crippen LogP contribution in [0.15, 0.2) is 67.0 Å². The third kappa shape index (κ3) is 7.42. The van der Waals surface area contributed by atoms with Crippen LogP contribution in [0.1, 0.15) is 61.5 Å². The summed E-state index contributed by atoms with van der Waals surface area (Å²) in [6.07, 6.45) is 11.5. The fourth-order valence-electron chi connectivity index (χ4n) is 4.60. The van der Waals surface area contributed by atoms with Crippen LogP contribution in [0.25, 0.3) is 11.3 Å². The first kappa shape index (κ1) is 27.8. The number of pyridine rings is 1. The SMILES string of the molecule is C=C(CC)CC=C(C(=O)NCc1ccc(CCC2CCOCC2)nc1)c1cnn(-c2ccc(Cl)cc2)c1C. The van der Waals surface area contributed by atoms with Crippen molar-refractivity contribution in [1.82, 2.24) is 20.1 Å². The average molecular weight is 533 g/mol. The first-order valence-corrected chi connectivity index (χ1v) is 13.8. The number of rotatable bonds is 11. The van der Waals surface area contributed by atoms with E-state index in [1.807, 2.05) is 48.1 Å². The summed E-state index contributed by atoms with van der Waals surface area (Å²) in [5.41, 5.74) is 6.29. The van der Waals surface area contributed by atoms with Gasteiger partial charge in [-0.2, -0.15) is 5.10 Å². The monoisotopic (exact) mass is 532 g/mol. The molecule has 1 aliphatic heterocycles. The molecule has 4 rings (SSSR count). The van der Waals surface area contributed by atoms with E-state index in [9.17, 15) is 4.79 Å². The molecular formula is C31H37ClN4O2. The molecule has 0 atom stereocenters. The minimum atomic E-state index is -0.142. The predicted molar refractivity (Wildman–Crippen MR) is 153 cm³/mol. The van der Waals surface area contributed by atoms with E-state index in [1.54, 1.807) is 6.20 Å². The standard InChI is InChI=1S/C31H37ClN4O2/c1-4-22(2)5-14-29(30-21-35-36(23(30)3)28-12-8-26(32)9-13-28)31(37)34-20-25-7-11-27(33-19-25)10-6-24-15-17-38-18-16-24/h7-9,11-14,19,21,24H,2,4-6,10,15-18,20H2,1,3H3,(H,34,37). The van der Waals surface area contributed by atoms with Crippen LogP contribution in [0.4, 0.5) is 0 Å². The summed E-state index contributed by atoms with van der Waals surface area (Å²) in [7, 11) is 0. The van der Waals surface area contributed by atoms with E-state index in [-0.39, 0.29) is 5.91 Å². The first-order valence-electron chi connectivity index (χ1n) is 13.4. The summed E-state index contributed by atoms with van der Waals surface area (Å²) < 4.78 is 7.28. The molecule has 200 valence electrons. The number of benzene rings is 1. The second-order valence-electron chi connectivity index (χ2n) is 9.89. The van der Waals surface area contributed by atoms with E-state index in [2.05, 4.69) is 41.0 Å². The zero-order valence-corrected chi connectivity index (χ0v) is 23.1. The normalized spacial score (nSPS) is 14.4. The molecule has 0 spiro atoms. The molecule has 0 radical (unpaired) electrons. The Morgan fingerprint density at radius 1 is 1.18 bits per heavy atom. The number of ether oxygens (including phenoxy) is 1. The molecule has 0 saturated carbocycles. The molecule has 7 heteroatoms. The van der Waals surface area contributed by atoms with Gasteiger partial charge in [-0.05, 0) is 87.3 Å². The highest BCUT2D eigenvalue weighted by Gasteiger charge is 2.19. The van der Waals surface area contributed by atoms with Crippen molar-refractivity contribution in [2.75, 3.05) is 13.2 Å². The van der Waals surface area contributed by atoms with Gasteiger partial charge < -0.3 is 10.1 Å². The zero-order chi connectivity index (χ0) is 26.9. The molecule has 0 bridgehead atoms. The van der Waals surface area contributed by atoms with Crippen LogP contribution in [0, 0.1) is 12.8 Å². The summed E-state index contributed by atoms with van der Waals surface area (Å²) in [5.74, 6) is 0.585. The maximum absolute atomic E-state index is 13.4. The summed E-state index contributed by atoms with van der Waals surface area (Å²) in [4.78, 5) is 18.1. The lowest BCUT2D eigenvalue weighted by Gasteiger charge is -2.21. The summed E-state index contributed by atoms with van der Waals surface area (Å²) in [6, 6.07) is 11.6. The fourth-order valence-corrected chi connectivity index (χ4v) is 4.73. The summed E-state index contributed by atoms with van der Waals surface area (Å²) in [5, 5.41) is 8.31. The van der Waals surface area contributed by atoms with Gasteiger partial charge in [-0.3, -0.25) is 9.78 Å². The van der Waals surface area contributed by atoms with Gasteiger partial charge in [0.15, 0.2) is 0 Å². The van der Waals surface area contributed by atoms with Gasteiger partial charge in [0.1, 0.15) is 0 Å². The Morgan fingerprint density at radius 2 is 1.95 bits per heavy atom. The van der Waals surface area contributed by atoms with E-state index in [1.165, 1.54) is 0 Å². The number of allylic oxidation sites excluding steroid dienone is 2. The molecule has 2 aromatic heterocycles. The largest absolute Gasteiger partial charge is 0.381 e. The van der Waals surface area contributed by atoms with Gasteiger partial charge in [-0.1, -0.05) is 42.8 Å². The molecule has 38 heavy (non-hydrogen) atoms. The Labute approximate surface area is 230 Å². The van der Waals surface area contributed by atoms with Crippen molar-refractivity contribution < 1.29 is 9.53 Å². The number of carbonyl (C=O) groups is 1. The van der Waals surface area contributed by atoms with Crippen molar-refractivity contribution in [2.24, 2.45) is 5.92 Å². The van der Waals surface area contributed by atoms with Crippen LogP contribution in [0.5, 0.6) is 0 Å². The number of aryl methyl sites for hydroxylation is 1. The van der Waals surface area contributed by atoms with Gasteiger partial charge >= 0.3 is 0 Å². The summed E-state index contributed by atoms with van der Waals surface area (Å²) >= 11 is 6.05. The third-order valence-electron chi connectivity index (χ3n) is 7.20. The fraction of sp³-hybridized carbons (Fsp3) is 0.387. The van der Waals surface area contributed by atoms with E-state index in [0.29, 0.717) is 23.6 Å². The predicted octanol–water partition coefficient (Wildman–Crippen LogP) is 6.64. The first-order chi connectivity index (χ1) is 18.4. The summed E-state index contributed by atoms with van der Waals surface area (Å²) in [6.45, 7) is 10.3. The lowest BCUT2D eigenvalue weighted by molar-refractivity contribution is -0.115. The molecule has 1 saturated heterocycles. The zero-order valence-electron chi connectivity index (χ0n) is 22.4. The highest BCUT2D eigenvalue weighted by Crippen LogP contribution is 2.24. The van der Waals surface area contributed by atoms with Gasteiger partial charge in [0.2, 0.25) is 0 Å². The number of amides is 1. The molecule has 1 aromatic carbocycles. The van der Waals surface area contributed by atoms with E-state index in [4.69, 9.17) is 16.3 Å². The van der Waals surface area contributed by atoms with Crippen LogP contribution in [0.2, 0.25) is 5.02 Å². The highest BCUT2D eigenvalue weighted by atomic mass is 35.5. The molecule has 3 heterocycles. The smallest absolute Gasteiger partial charge is 0.251 e. The van der Waals surface area contributed by atoms with Gasteiger partial charge in [-0.15, -0.1) is 0 Å². The molecule has 3 aromatic rings. The van der Waals surface area contributed by atoms with E-state index >= 15 is 0 Å². The number of nitrogens with zero attached hydrogens (tertiary/aromatic N) is 3. The lowest BCUT2D eigenvalue weighted by atomic mass is 9.94. The minimum Gasteiger partial charge on any atom is -0.381 e. The van der Waals surface area contributed by atoms with Crippen molar-refractivity contribution >= 4 is 23.1 Å². The molecule has 6 nitrogen and oxygen atoms in total. The Morgan fingerprint density at radius 3 is 2.63 bits per heavy atom. The van der Waals surface area contributed by atoms with Crippen molar-refractivity contribution in [1.29, 1.82) is 0 Å². The number of hydrogen-bond acceptors (Lipinski definition) is 4. The quantitative estimate of drug-likeness (QED) is 0.222. The van der Waals surface area contributed by atoms with Crippen LogP contribution in [-0.2, 0) is 22.5 Å². The number of halogens is 1. The maximum Gasteiger partial charge on any atom is 0.251 e. The Balaban J connectivity index is 1.43. The van der Waals surface area contributed by atoms with Crippen molar-refractivity contribution in [2.45, 2.75) is 58.9 Å². The molecule has 1 amide bonds. The lowest BCUT2D eigenvalue weighted by Crippen LogP contribution is -2.24. The molecule has 1 N–H and O–H groups in total. The number of nitrogens with one attached hydrogen (secondary N) is 1. The third-order valence-corrected chi connectivity index (χ3v) is 7.45. The average Bonchev–Trinajstić information content (AvgIpc) is 3.33. The van der Waals surface area contributed by atoms with E-state index < -0.39 is 0 Å². The van der Waals surface area contributed by atoms with E-state index in [0.717, 1.165) is 85.0 Å². The topological polar surface area (TPSA) is 69.0 Å². The minimum absolute atomic E-state index is 0.142. The van der Waals surface area contributed by atoms with Crippen LogP contribution < -0.4 is 5.32 Å². The molecule has 0 unspecified atom stereocenters. The van der Waals surface area contributed by atoms with Gasteiger partial charge in [0, 0.05) is 53.5 Å². The van der Waals surface area contributed by atoms with Crippen molar-refractivity contribution in [3.63, 3.8) is 0 Å². The van der Waals surface area contributed by atoms with Crippen LogP contribution in [0.3, 0.4) is 0 Å². The second-order valence-corrected chi connectivity index (χ2v) is 10.3. The number of carbonyl (C=O) groups excluding carboxylic acids is 1. The number of aromatic nitrogens is 3. The molecule has 1 aliphatic rings. The van der Waals surface area contributed by atoms with Crippen LogP contribution in [-0.4, -0.2) is 33.9 Å². The Bertz CT molecular complexity index is 1260. The van der Waals surface area contributed by atoms with Crippen molar-refractivity contribution in [3.05, 3.63) is 94.6 Å². The van der Waals surface area contributed by atoms with Crippen molar-refractivity contribution in [3.8, 4) is 5.69 Å². The van der Waals surface area contributed by atoms with Crippen LogP contribution >= 0.6 is 11.6 Å². The number of hydrogen-bond donors (Lipinski definition) is 1. The van der Waals surface area contributed by atoms with Gasteiger partial charge in [-0.25, -0.2) is 4.68 Å².